The van der Waals surface area contributed by atoms with Gasteiger partial charge >= 0.3 is 12.1 Å². The first-order chi connectivity index (χ1) is 23.0. The summed E-state index contributed by atoms with van der Waals surface area (Å²) in [6, 6.07) is 24.3. The van der Waals surface area contributed by atoms with Gasteiger partial charge in [0, 0.05) is 24.1 Å². The molecular weight excluding hydrogens is 606 g/mol. The number of carbonyl (C=O) groups is 3. The summed E-state index contributed by atoms with van der Waals surface area (Å²) >= 11 is 0. The van der Waals surface area contributed by atoms with Gasteiger partial charge in [-0.05, 0) is 79.6 Å². The van der Waals surface area contributed by atoms with Crippen LogP contribution < -0.4 is 14.8 Å². The van der Waals surface area contributed by atoms with Crippen molar-refractivity contribution >= 4 is 39.4 Å². The van der Waals surface area contributed by atoms with Crippen LogP contribution in [0, 0.1) is 11.8 Å². The number of hydrogen-bond donors (Lipinski definition) is 1. The Labute approximate surface area is 284 Å². The van der Waals surface area contributed by atoms with Crippen LogP contribution in [0.15, 0.2) is 72.8 Å². The molecule has 0 aliphatic carbocycles. The van der Waals surface area contributed by atoms with Crippen LogP contribution in [0.5, 0.6) is 11.5 Å². The number of fused-ring (bicyclic) bond motifs is 2. The Morgan fingerprint density at radius 1 is 0.750 bits per heavy atom. The first kappa shape index (κ1) is 36.2. The van der Waals surface area contributed by atoms with Gasteiger partial charge in [-0.3, -0.25) is 9.59 Å². The molecule has 8 nitrogen and oxygen atoms in total. The number of esters is 1. The maximum Gasteiger partial charge on any atom is 0.407 e. The zero-order chi connectivity index (χ0) is 34.7. The van der Waals surface area contributed by atoms with Crippen molar-refractivity contribution in [2.75, 3.05) is 26.9 Å². The minimum Gasteiger partial charge on any atom is -0.493 e. The van der Waals surface area contributed by atoms with Crippen LogP contribution in [0.4, 0.5) is 4.79 Å². The molecule has 4 aromatic carbocycles. The Kier molecular flexibility index (Phi) is 12.8. The Morgan fingerprint density at radius 3 is 1.90 bits per heavy atom. The first-order valence-corrected chi connectivity index (χ1v) is 16.8. The lowest BCUT2D eigenvalue weighted by molar-refractivity contribution is -0.147. The standard InChI is InChI=1S/C40H49NO7/c1-27(2)22-24-46-34-20-18-28-13-7-9-16-32(28)36(34)37-33-17-10-8-14-29(33)19-21-35(37)47-26-31(42)25-30(38(43)45-6)15-11-12-23-41-39(44)48-40(3,4)5/h7-10,13-14,16-21,27,30H,11-12,15,22-26H2,1-6H3,(H,41,44)/t30-/m0/s1. The minimum atomic E-state index is -0.609. The van der Waals surface area contributed by atoms with E-state index in [4.69, 9.17) is 18.9 Å². The molecule has 256 valence electrons. The van der Waals surface area contributed by atoms with Gasteiger partial charge in [-0.2, -0.15) is 0 Å². The number of hydrogen-bond acceptors (Lipinski definition) is 7. The number of alkyl carbamates (subject to hydrolysis) is 1. The molecule has 1 atom stereocenters. The summed E-state index contributed by atoms with van der Waals surface area (Å²) < 4.78 is 23.0. The third kappa shape index (κ3) is 10.2. The number of ketones is 1. The average molecular weight is 656 g/mol. The second-order valence-electron chi connectivity index (χ2n) is 13.5. The van der Waals surface area contributed by atoms with Crippen molar-refractivity contribution in [3.8, 4) is 22.6 Å². The molecule has 0 unspecified atom stereocenters. The van der Waals surface area contributed by atoms with Crippen LogP contribution in [0.2, 0.25) is 0 Å². The third-order valence-corrected chi connectivity index (χ3v) is 8.03. The molecule has 0 aromatic heterocycles. The molecule has 1 N–H and O–H groups in total. The molecule has 0 saturated carbocycles. The van der Waals surface area contributed by atoms with Crippen LogP contribution >= 0.6 is 0 Å². The van der Waals surface area contributed by atoms with E-state index in [-0.39, 0.29) is 18.8 Å². The molecule has 0 saturated heterocycles. The highest BCUT2D eigenvalue weighted by molar-refractivity contribution is 6.09. The smallest absolute Gasteiger partial charge is 0.407 e. The lowest BCUT2D eigenvalue weighted by atomic mass is 9.92. The van der Waals surface area contributed by atoms with E-state index in [0.29, 0.717) is 44.1 Å². The second kappa shape index (κ2) is 17.0. The van der Waals surface area contributed by atoms with E-state index in [1.54, 1.807) is 20.8 Å². The van der Waals surface area contributed by atoms with Crippen molar-refractivity contribution in [3.63, 3.8) is 0 Å². The highest BCUT2D eigenvalue weighted by Crippen LogP contribution is 2.45. The number of Topliss-reactive ketones (excluding diaryl/α,β-unsaturated/α-hetero) is 1. The van der Waals surface area contributed by atoms with Crippen LogP contribution in [-0.2, 0) is 19.1 Å². The largest absolute Gasteiger partial charge is 0.493 e. The third-order valence-electron chi connectivity index (χ3n) is 8.03. The summed E-state index contributed by atoms with van der Waals surface area (Å²) in [5, 5.41) is 6.85. The molecule has 0 bridgehead atoms. The fraction of sp³-hybridized carbons (Fsp3) is 0.425. The van der Waals surface area contributed by atoms with Crippen molar-refractivity contribution in [2.45, 2.75) is 72.3 Å². The highest BCUT2D eigenvalue weighted by atomic mass is 16.6. The second-order valence-corrected chi connectivity index (χ2v) is 13.5. The fourth-order valence-corrected chi connectivity index (χ4v) is 5.65. The lowest BCUT2D eigenvalue weighted by Crippen LogP contribution is -2.33. The molecule has 0 fully saturated rings. The number of methoxy groups -OCH3 is 1. The molecule has 4 aromatic rings. The molecule has 1 amide bonds. The van der Waals surface area contributed by atoms with Crippen LogP contribution in [0.1, 0.15) is 66.7 Å². The summed E-state index contributed by atoms with van der Waals surface area (Å²) in [5.74, 6) is 0.571. The summed E-state index contributed by atoms with van der Waals surface area (Å²) in [6.07, 6.45) is 2.13. The highest BCUT2D eigenvalue weighted by Gasteiger charge is 2.24. The van der Waals surface area contributed by atoms with Crippen molar-refractivity contribution in [3.05, 3.63) is 72.8 Å². The van der Waals surface area contributed by atoms with Gasteiger partial charge in [0.15, 0.2) is 5.78 Å². The van der Waals surface area contributed by atoms with E-state index in [0.717, 1.165) is 44.8 Å². The van der Waals surface area contributed by atoms with Gasteiger partial charge in [0.2, 0.25) is 0 Å². The normalized spacial score (nSPS) is 12.1. The Balaban J connectivity index is 1.53. The van der Waals surface area contributed by atoms with Gasteiger partial charge < -0.3 is 24.3 Å². The van der Waals surface area contributed by atoms with Crippen LogP contribution in [0.3, 0.4) is 0 Å². The van der Waals surface area contributed by atoms with E-state index in [1.807, 2.05) is 42.5 Å². The Morgan fingerprint density at radius 2 is 1.33 bits per heavy atom. The SMILES string of the molecule is COC(=O)[C@@H](CCCCNC(=O)OC(C)(C)C)CC(=O)COc1ccc2ccccc2c1-c1c(OCCC(C)C)ccc2ccccc12. The number of unbranched alkanes of at least 4 members (excludes halogenated alkanes) is 1. The summed E-state index contributed by atoms with van der Waals surface area (Å²) in [6.45, 7) is 10.5. The summed E-state index contributed by atoms with van der Waals surface area (Å²) in [7, 11) is 1.33. The Bertz CT molecular complexity index is 1710. The number of nitrogens with one attached hydrogen (secondary N) is 1. The topological polar surface area (TPSA) is 100 Å². The molecule has 0 spiro atoms. The minimum absolute atomic E-state index is 0.00703. The number of benzene rings is 4. The van der Waals surface area contributed by atoms with Crippen molar-refractivity contribution in [2.24, 2.45) is 11.8 Å². The average Bonchev–Trinajstić information content (AvgIpc) is 3.05. The van der Waals surface area contributed by atoms with Gasteiger partial charge in [-0.1, -0.05) is 80.9 Å². The molecule has 0 heterocycles. The quantitative estimate of drug-likeness (QED) is 0.0950. The van der Waals surface area contributed by atoms with Crippen molar-refractivity contribution in [1.82, 2.24) is 5.32 Å². The van der Waals surface area contributed by atoms with Gasteiger partial charge in [0.05, 0.1) is 19.6 Å². The molecule has 0 aliphatic rings. The van der Waals surface area contributed by atoms with Crippen molar-refractivity contribution in [1.29, 1.82) is 0 Å². The van der Waals surface area contributed by atoms with Gasteiger partial charge in [-0.15, -0.1) is 0 Å². The number of amides is 1. The monoisotopic (exact) mass is 655 g/mol. The summed E-state index contributed by atoms with van der Waals surface area (Å²) in [4.78, 5) is 37.8. The van der Waals surface area contributed by atoms with E-state index in [9.17, 15) is 14.4 Å². The predicted octanol–water partition coefficient (Wildman–Crippen LogP) is 8.91. The first-order valence-electron chi connectivity index (χ1n) is 16.8. The fourth-order valence-electron chi connectivity index (χ4n) is 5.65. The van der Waals surface area contributed by atoms with E-state index in [2.05, 4.69) is 49.5 Å². The van der Waals surface area contributed by atoms with E-state index >= 15 is 0 Å². The van der Waals surface area contributed by atoms with E-state index in [1.165, 1.54) is 7.11 Å². The molecule has 4 rings (SSSR count). The number of rotatable bonds is 16. The number of carbonyl (C=O) groups excluding carboxylic acids is 3. The van der Waals surface area contributed by atoms with Gasteiger partial charge in [0.25, 0.3) is 0 Å². The molecule has 8 heteroatoms. The zero-order valence-corrected chi connectivity index (χ0v) is 29.1. The van der Waals surface area contributed by atoms with Gasteiger partial charge in [0.1, 0.15) is 23.7 Å². The zero-order valence-electron chi connectivity index (χ0n) is 29.1. The van der Waals surface area contributed by atoms with Gasteiger partial charge in [-0.25, -0.2) is 4.79 Å². The molecule has 0 radical (unpaired) electrons. The van der Waals surface area contributed by atoms with Crippen molar-refractivity contribution < 1.29 is 33.3 Å². The van der Waals surface area contributed by atoms with Crippen LogP contribution in [-0.4, -0.2) is 50.3 Å². The summed E-state index contributed by atoms with van der Waals surface area (Å²) in [5.41, 5.74) is 1.21. The van der Waals surface area contributed by atoms with Crippen LogP contribution in [0.25, 0.3) is 32.7 Å². The molecular formula is C40H49NO7. The lowest BCUT2D eigenvalue weighted by Gasteiger charge is -2.20. The van der Waals surface area contributed by atoms with E-state index < -0.39 is 23.6 Å². The predicted molar refractivity (Wildman–Crippen MR) is 191 cm³/mol. The Hall–Kier alpha value is -4.59. The molecule has 48 heavy (non-hydrogen) atoms. The molecule has 0 aliphatic heterocycles. The number of ether oxygens (including phenoxy) is 4. The maximum atomic E-state index is 13.3. The maximum absolute atomic E-state index is 13.3.